The van der Waals surface area contributed by atoms with Crippen LogP contribution in [0.3, 0.4) is 0 Å². The molecule has 3 N–H and O–H groups in total. The van der Waals surface area contributed by atoms with Crippen molar-refractivity contribution in [1.82, 2.24) is 5.32 Å². The third-order valence-corrected chi connectivity index (χ3v) is 5.60. The smallest absolute Gasteiger partial charge is 0.241 e. The standard InChI is InChI=1S/C21H24N4O3/c1-25(2)13-8-9-16(18(10-13)28-3)23-19(26)17-11-21(12-22-17)14-6-4-5-7-15(14)24-20(21)27/h4-10,17,22H,11-12H2,1-3H3,(H,23,26)(H,24,27). The van der Waals surface area contributed by atoms with Gasteiger partial charge >= 0.3 is 0 Å². The summed E-state index contributed by atoms with van der Waals surface area (Å²) in [5, 5.41) is 9.10. The van der Waals surface area contributed by atoms with Crippen molar-refractivity contribution in [3.05, 3.63) is 48.0 Å². The van der Waals surface area contributed by atoms with Gasteiger partial charge in [0.15, 0.2) is 0 Å². The Morgan fingerprint density at radius 3 is 2.79 bits per heavy atom. The van der Waals surface area contributed by atoms with E-state index in [9.17, 15) is 9.59 Å². The number of amides is 2. The summed E-state index contributed by atoms with van der Waals surface area (Å²) < 4.78 is 5.43. The lowest BCUT2D eigenvalue weighted by Gasteiger charge is -2.20. The molecule has 2 aromatic rings. The predicted octanol–water partition coefficient (Wildman–Crippen LogP) is 1.95. The molecule has 0 aromatic heterocycles. The van der Waals surface area contributed by atoms with Crippen molar-refractivity contribution < 1.29 is 14.3 Å². The molecule has 0 radical (unpaired) electrons. The highest BCUT2D eigenvalue weighted by Gasteiger charge is 2.52. The summed E-state index contributed by atoms with van der Waals surface area (Å²) >= 11 is 0. The monoisotopic (exact) mass is 380 g/mol. The molecule has 0 saturated carbocycles. The van der Waals surface area contributed by atoms with Crippen LogP contribution in [0, 0.1) is 0 Å². The Balaban J connectivity index is 1.53. The number of benzene rings is 2. The lowest BCUT2D eigenvalue weighted by atomic mass is 9.79. The molecule has 1 saturated heterocycles. The van der Waals surface area contributed by atoms with Gasteiger partial charge in [0.05, 0.1) is 24.3 Å². The molecule has 146 valence electrons. The highest BCUT2D eigenvalue weighted by molar-refractivity contribution is 6.08. The normalized spacial score (nSPS) is 22.7. The maximum atomic E-state index is 12.9. The average Bonchev–Trinajstić information content (AvgIpc) is 3.25. The minimum atomic E-state index is -0.697. The molecule has 1 fully saturated rings. The molecular formula is C21H24N4O3. The molecule has 4 rings (SSSR count). The fourth-order valence-corrected chi connectivity index (χ4v) is 4.01. The van der Waals surface area contributed by atoms with Gasteiger partial charge in [0.1, 0.15) is 5.75 Å². The second-order valence-corrected chi connectivity index (χ2v) is 7.49. The van der Waals surface area contributed by atoms with E-state index < -0.39 is 11.5 Å². The van der Waals surface area contributed by atoms with Gasteiger partial charge in [0.2, 0.25) is 11.8 Å². The van der Waals surface area contributed by atoms with Crippen LogP contribution in [-0.2, 0) is 15.0 Å². The zero-order chi connectivity index (χ0) is 19.9. The van der Waals surface area contributed by atoms with Crippen LogP contribution in [0.15, 0.2) is 42.5 Å². The summed E-state index contributed by atoms with van der Waals surface area (Å²) in [5.74, 6) is 0.366. The van der Waals surface area contributed by atoms with Crippen LogP contribution in [0.4, 0.5) is 17.1 Å². The largest absolute Gasteiger partial charge is 0.494 e. The van der Waals surface area contributed by atoms with E-state index in [1.807, 2.05) is 61.5 Å². The molecule has 2 atom stereocenters. The molecule has 0 aliphatic carbocycles. The molecule has 2 aliphatic heterocycles. The first-order chi connectivity index (χ1) is 13.4. The fourth-order valence-electron chi connectivity index (χ4n) is 4.01. The summed E-state index contributed by atoms with van der Waals surface area (Å²) in [6.07, 6.45) is 0.416. The van der Waals surface area contributed by atoms with Crippen molar-refractivity contribution in [2.24, 2.45) is 0 Å². The van der Waals surface area contributed by atoms with Crippen LogP contribution < -0.4 is 25.6 Å². The second kappa shape index (κ2) is 6.83. The number of ether oxygens (including phenoxy) is 1. The number of para-hydroxylation sites is 1. The SMILES string of the molecule is COc1cc(N(C)C)ccc1NC(=O)C1CC2(CN1)C(=O)Nc1ccccc12. The molecule has 28 heavy (non-hydrogen) atoms. The van der Waals surface area contributed by atoms with Crippen molar-refractivity contribution in [1.29, 1.82) is 0 Å². The summed E-state index contributed by atoms with van der Waals surface area (Å²) in [6.45, 7) is 0.435. The Hall–Kier alpha value is -3.06. The first kappa shape index (κ1) is 18.3. The Labute approximate surface area is 164 Å². The Morgan fingerprint density at radius 2 is 2.04 bits per heavy atom. The third kappa shape index (κ3) is 2.88. The van der Waals surface area contributed by atoms with Gasteiger partial charge in [-0.25, -0.2) is 0 Å². The minimum Gasteiger partial charge on any atom is -0.494 e. The lowest BCUT2D eigenvalue weighted by molar-refractivity contribution is -0.120. The van der Waals surface area contributed by atoms with E-state index in [1.165, 1.54) is 0 Å². The van der Waals surface area contributed by atoms with E-state index in [4.69, 9.17) is 4.74 Å². The maximum absolute atomic E-state index is 12.9. The fraction of sp³-hybridized carbons (Fsp3) is 0.333. The summed E-state index contributed by atoms with van der Waals surface area (Å²) in [6, 6.07) is 12.8. The third-order valence-electron chi connectivity index (χ3n) is 5.60. The number of carbonyl (C=O) groups is 2. The summed E-state index contributed by atoms with van der Waals surface area (Å²) in [5.41, 5.74) is 2.67. The molecule has 2 heterocycles. The maximum Gasteiger partial charge on any atom is 0.241 e. The predicted molar refractivity (Wildman–Crippen MR) is 109 cm³/mol. The van der Waals surface area contributed by atoms with Gasteiger partial charge in [-0.15, -0.1) is 0 Å². The molecule has 7 heteroatoms. The van der Waals surface area contributed by atoms with Crippen molar-refractivity contribution in [3.63, 3.8) is 0 Å². The highest BCUT2D eigenvalue weighted by atomic mass is 16.5. The average molecular weight is 380 g/mol. The summed E-state index contributed by atoms with van der Waals surface area (Å²) in [4.78, 5) is 27.5. The molecular weight excluding hydrogens is 356 g/mol. The van der Waals surface area contributed by atoms with Gasteiger partial charge in [0, 0.05) is 38.1 Å². The van der Waals surface area contributed by atoms with E-state index in [1.54, 1.807) is 7.11 Å². The minimum absolute atomic E-state index is 0.0515. The van der Waals surface area contributed by atoms with E-state index in [0.717, 1.165) is 16.9 Å². The number of methoxy groups -OCH3 is 1. The lowest BCUT2D eigenvalue weighted by Crippen LogP contribution is -2.36. The zero-order valence-corrected chi connectivity index (χ0v) is 16.2. The molecule has 0 bridgehead atoms. The van der Waals surface area contributed by atoms with Gasteiger partial charge in [-0.2, -0.15) is 0 Å². The van der Waals surface area contributed by atoms with Gasteiger partial charge in [0.25, 0.3) is 0 Å². The quantitative estimate of drug-likeness (QED) is 0.755. The van der Waals surface area contributed by atoms with E-state index in [-0.39, 0.29) is 11.8 Å². The molecule has 2 amide bonds. The van der Waals surface area contributed by atoms with Gasteiger partial charge in [-0.1, -0.05) is 18.2 Å². The topological polar surface area (TPSA) is 82.7 Å². The molecule has 2 aliphatic rings. The van der Waals surface area contributed by atoms with Crippen LogP contribution in [0.5, 0.6) is 5.75 Å². The Morgan fingerprint density at radius 1 is 1.25 bits per heavy atom. The Kier molecular flexibility index (Phi) is 4.47. The first-order valence-corrected chi connectivity index (χ1v) is 9.25. The van der Waals surface area contributed by atoms with Gasteiger partial charge in [-0.3, -0.25) is 9.59 Å². The zero-order valence-electron chi connectivity index (χ0n) is 16.2. The van der Waals surface area contributed by atoms with Crippen LogP contribution in [0.25, 0.3) is 0 Å². The molecule has 1 spiro atoms. The number of carbonyl (C=O) groups excluding carboxylic acids is 2. The van der Waals surface area contributed by atoms with Crippen LogP contribution in [0.1, 0.15) is 12.0 Å². The van der Waals surface area contributed by atoms with Crippen molar-refractivity contribution in [3.8, 4) is 5.75 Å². The van der Waals surface area contributed by atoms with E-state index in [2.05, 4.69) is 16.0 Å². The second-order valence-electron chi connectivity index (χ2n) is 7.49. The number of nitrogens with zero attached hydrogens (tertiary/aromatic N) is 1. The number of fused-ring (bicyclic) bond motifs is 2. The number of anilines is 3. The van der Waals surface area contributed by atoms with Gasteiger partial charge in [-0.05, 0) is 30.2 Å². The van der Waals surface area contributed by atoms with Gasteiger partial charge < -0.3 is 25.6 Å². The highest BCUT2D eigenvalue weighted by Crippen LogP contribution is 2.43. The van der Waals surface area contributed by atoms with Crippen LogP contribution in [-0.4, -0.2) is 45.6 Å². The number of hydrogen-bond donors (Lipinski definition) is 3. The molecule has 2 unspecified atom stereocenters. The van der Waals surface area contributed by atoms with E-state index >= 15 is 0 Å². The van der Waals surface area contributed by atoms with Crippen molar-refractivity contribution in [2.75, 3.05) is 43.3 Å². The van der Waals surface area contributed by atoms with Crippen LogP contribution in [0.2, 0.25) is 0 Å². The molecule has 2 aromatic carbocycles. The van der Waals surface area contributed by atoms with Crippen molar-refractivity contribution in [2.45, 2.75) is 17.9 Å². The first-order valence-electron chi connectivity index (χ1n) is 9.25. The number of rotatable bonds is 4. The Bertz CT molecular complexity index is 943. The van der Waals surface area contributed by atoms with Crippen molar-refractivity contribution >= 4 is 28.9 Å². The summed E-state index contributed by atoms with van der Waals surface area (Å²) in [7, 11) is 5.46. The number of nitrogens with one attached hydrogen (secondary N) is 3. The van der Waals surface area contributed by atoms with Crippen LogP contribution >= 0.6 is 0 Å². The number of hydrogen-bond acceptors (Lipinski definition) is 5. The molecule has 7 nitrogen and oxygen atoms in total. The van der Waals surface area contributed by atoms with E-state index in [0.29, 0.717) is 24.4 Å².